The Hall–Kier alpha value is -2.62. The second-order valence-corrected chi connectivity index (χ2v) is 6.82. The lowest BCUT2D eigenvalue weighted by atomic mass is 10.1. The van der Waals surface area contributed by atoms with E-state index in [4.69, 9.17) is 4.98 Å². The predicted molar refractivity (Wildman–Crippen MR) is 100 cm³/mol. The van der Waals surface area contributed by atoms with E-state index < -0.39 is 0 Å². The Bertz CT molecular complexity index is 906. The van der Waals surface area contributed by atoms with Crippen LogP contribution in [0.4, 0.5) is 0 Å². The zero-order valence-corrected chi connectivity index (χ0v) is 14.6. The number of imidazole rings is 1. The third-order valence-electron chi connectivity index (χ3n) is 4.93. The summed E-state index contributed by atoms with van der Waals surface area (Å²) in [4.78, 5) is 19.6. The molecule has 1 aliphatic rings. The number of nitrogens with zero attached hydrogens (tertiary/aromatic N) is 3. The minimum Gasteiger partial charge on any atom is -0.341 e. The molecule has 0 spiro atoms. The van der Waals surface area contributed by atoms with E-state index in [9.17, 15) is 4.79 Å². The number of rotatable bonds is 3. The number of aromatic nitrogens is 2. The van der Waals surface area contributed by atoms with Crippen molar-refractivity contribution in [1.82, 2.24) is 14.5 Å². The van der Waals surface area contributed by atoms with Gasteiger partial charge in [0.2, 0.25) is 5.91 Å². The molecule has 4 nitrogen and oxygen atoms in total. The van der Waals surface area contributed by atoms with Crippen molar-refractivity contribution >= 4 is 16.9 Å². The molecule has 0 bridgehead atoms. The van der Waals surface area contributed by atoms with Gasteiger partial charge in [0.05, 0.1) is 11.0 Å². The number of para-hydroxylation sites is 2. The largest absolute Gasteiger partial charge is 0.341 e. The van der Waals surface area contributed by atoms with Crippen LogP contribution in [0.1, 0.15) is 24.8 Å². The van der Waals surface area contributed by atoms with Crippen LogP contribution in [0.2, 0.25) is 0 Å². The van der Waals surface area contributed by atoms with Crippen LogP contribution in [-0.4, -0.2) is 33.4 Å². The summed E-state index contributed by atoms with van der Waals surface area (Å²) in [6, 6.07) is 16.4. The number of carbonyl (C=O) groups is 1. The zero-order valence-electron chi connectivity index (χ0n) is 14.6. The Kier molecular flexibility index (Phi) is 4.26. The van der Waals surface area contributed by atoms with Crippen molar-refractivity contribution in [3.05, 3.63) is 54.1 Å². The molecule has 1 fully saturated rings. The number of aryl methyl sites for hydroxylation is 1. The maximum atomic E-state index is 12.8. The van der Waals surface area contributed by atoms with Gasteiger partial charge in [0.25, 0.3) is 0 Å². The molecule has 1 amide bonds. The molecule has 2 heterocycles. The Labute approximate surface area is 148 Å². The Morgan fingerprint density at radius 3 is 2.64 bits per heavy atom. The number of piperidine rings is 1. The van der Waals surface area contributed by atoms with E-state index in [2.05, 4.69) is 29.7 Å². The molecule has 4 heteroatoms. The molecule has 1 saturated heterocycles. The van der Waals surface area contributed by atoms with Crippen molar-refractivity contribution in [2.75, 3.05) is 13.1 Å². The van der Waals surface area contributed by atoms with Crippen LogP contribution in [0.3, 0.4) is 0 Å². The fourth-order valence-electron chi connectivity index (χ4n) is 3.62. The van der Waals surface area contributed by atoms with Gasteiger partial charge in [-0.25, -0.2) is 4.98 Å². The average molecular weight is 333 g/mol. The quantitative estimate of drug-likeness (QED) is 0.726. The highest BCUT2D eigenvalue weighted by atomic mass is 16.2. The van der Waals surface area contributed by atoms with Crippen molar-refractivity contribution in [3.8, 4) is 11.4 Å². The van der Waals surface area contributed by atoms with Gasteiger partial charge in [0, 0.05) is 18.7 Å². The Morgan fingerprint density at radius 1 is 1.04 bits per heavy atom. The highest BCUT2D eigenvalue weighted by Crippen LogP contribution is 2.26. The molecule has 1 aromatic heterocycles. The number of benzene rings is 2. The fraction of sp³-hybridized carbons (Fsp3) is 0.333. The van der Waals surface area contributed by atoms with Gasteiger partial charge in [0.15, 0.2) is 0 Å². The van der Waals surface area contributed by atoms with Crippen LogP contribution < -0.4 is 0 Å². The molecular formula is C21H23N3O. The van der Waals surface area contributed by atoms with Gasteiger partial charge in [0.1, 0.15) is 12.4 Å². The van der Waals surface area contributed by atoms with Crippen LogP contribution in [0.15, 0.2) is 48.5 Å². The highest BCUT2D eigenvalue weighted by molar-refractivity contribution is 5.84. The molecule has 0 atom stereocenters. The van der Waals surface area contributed by atoms with E-state index in [1.807, 2.05) is 35.2 Å². The van der Waals surface area contributed by atoms with E-state index in [0.29, 0.717) is 6.54 Å². The average Bonchev–Trinajstić information content (AvgIpc) is 3.01. The minimum absolute atomic E-state index is 0.191. The summed E-state index contributed by atoms with van der Waals surface area (Å²) in [5.41, 5.74) is 4.20. The summed E-state index contributed by atoms with van der Waals surface area (Å²) in [5, 5.41) is 0. The fourth-order valence-corrected chi connectivity index (χ4v) is 3.62. The number of carbonyl (C=O) groups excluding carboxylic acids is 1. The molecule has 128 valence electrons. The SMILES string of the molecule is Cc1cccc(-c2nc3ccccc3n2CC(=O)N2CCCCC2)c1. The van der Waals surface area contributed by atoms with Gasteiger partial charge in [-0.15, -0.1) is 0 Å². The van der Waals surface area contributed by atoms with Gasteiger partial charge >= 0.3 is 0 Å². The molecule has 25 heavy (non-hydrogen) atoms. The van der Waals surface area contributed by atoms with Crippen LogP contribution in [-0.2, 0) is 11.3 Å². The first-order valence-corrected chi connectivity index (χ1v) is 9.02. The molecular weight excluding hydrogens is 310 g/mol. The summed E-state index contributed by atoms with van der Waals surface area (Å²) in [6.45, 7) is 4.19. The lowest BCUT2D eigenvalue weighted by Crippen LogP contribution is -2.37. The molecule has 0 radical (unpaired) electrons. The van der Waals surface area contributed by atoms with Gasteiger partial charge in [-0.1, -0.05) is 35.9 Å². The van der Waals surface area contributed by atoms with E-state index in [1.165, 1.54) is 12.0 Å². The maximum Gasteiger partial charge on any atom is 0.242 e. The second-order valence-electron chi connectivity index (χ2n) is 6.82. The lowest BCUT2D eigenvalue weighted by molar-refractivity contribution is -0.132. The third-order valence-corrected chi connectivity index (χ3v) is 4.93. The molecule has 1 aliphatic heterocycles. The minimum atomic E-state index is 0.191. The molecule has 0 aliphatic carbocycles. The maximum absolute atomic E-state index is 12.8. The molecule has 0 unspecified atom stereocenters. The third kappa shape index (κ3) is 3.16. The van der Waals surface area contributed by atoms with Crippen molar-refractivity contribution in [3.63, 3.8) is 0 Å². The first kappa shape index (κ1) is 15.9. The van der Waals surface area contributed by atoms with E-state index >= 15 is 0 Å². The summed E-state index contributed by atoms with van der Waals surface area (Å²) >= 11 is 0. The normalized spacial score (nSPS) is 14.8. The molecule has 3 aromatic rings. The number of amides is 1. The van der Waals surface area contributed by atoms with Crippen LogP contribution in [0.25, 0.3) is 22.4 Å². The van der Waals surface area contributed by atoms with Gasteiger partial charge < -0.3 is 9.47 Å². The second kappa shape index (κ2) is 6.71. The van der Waals surface area contributed by atoms with Crippen LogP contribution >= 0.6 is 0 Å². The highest BCUT2D eigenvalue weighted by Gasteiger charge is 2.20. The number of likely N-dealkylation sites (tertiary alicyclic amines) is 1. The van der Waals surface area contributed by atoms with E-state index in [0.717, 1.165) is 48.4 Å². The smallest absolute Gasteiger partial charge is 0.242 e. The van der Waals surface area contributed by atoms with Gasteiger partial charge in [-0.2, -0.15) is 0 Å². The van der Waals surface area contributed by atoms with E-state index in [-0.39, 0.29) is 5.91 Å². The lowest BCUT2D eigenvalue weighted by Gasteiger charge is -2.27. The van der Waals surface area contributed by atoms with Gasteiger partial charge in [-0.05, 0) is 44.4 Å². The molecule has 0 saturated carbocycles. The van der Waals surface area contributed by atoms with Crippen molar-refractivity contribution < 1.29 is 4.79 Å². The number of hydrogen-bond acceptors (Lipinski definition) is 2. The summed E-state index contributed by atoms with van der Waals surface area (Å²) in [5.74, 6) is 1.06. The molecule has 0 N–H and O–H groups in total. The summed E-state index contributed by atoms with van der Waals surface area (Å²) < 4.78 is 2.07. The van der Waals surface area contributed by atoms with E-state index in [1.54, 1.807) is 0 Å². The predicted octanol–water partition coefficient (Wildman–Crippen LogP) is 4.02. The molecule has 4 rings (SSSR count). The summed E-state index contributed by atoms with van der Waals surface area (Å²) in [7, 11) is 0. The number of hydrogen-bond donors (Lipinski definition) is 0. The summed E-state index contributed by atoms with van der Waals surface area (Å²) in [6.07, 6.45) is 3.45. The molecule has 2 aromatic carbocycles. The Balaban J connectivity index is 1.75. The Morgan fingerprint density at radius 2 is 1.84 bits per heavy atom. The standard InChI is InChI=1S/C21H23N3O/c1-16-8-7-9-17(14-16)21-22-18-10-3-4-11-19(18)24(21)15-20(25)23-12-5-2-6-13-23/h3-4,7-11,14H,2,5-6,12-13,15H2,1H3. The first-order chi connectivity index (χ1) is 12.2. The van der Waals surface area contributed by atoms with Crippen molar-refractivity contribution in [2.24, 2.45) is 0 Å². The first-order valence-electron chi connectivity index (χ1n) is 9.02. The zero-order chi connectivity index (χ0) is 17.2. The van der Waals surface area contributed by atoms with Crippen LogP contribution in [0.5, 0.6) is 0 Å². The van der Waals surface area contributed by atoms with Crippen molar-refractivity contribution in [1.29, 1.82) is 0 Å². The number of fused-ring (bicyclic) bond motifs is 1. The van der Waals surface area contributed by atoms with Crippen molar-refractivity contribution in [2.45, 2.75) is 32.7 Å². The van der Waals surface area contributed by atoms with Crippen LogP contribution in [0, 0.1) is 6.92 Å². The monoisotopic (exact) mass is 333 g/mol. The van der Waals surface area contributed by atoms with Gasteiger partial charge in [-0.3, -0.25) is 4.79 Å². The topological polar surface area (TPSA) is 38.1 Å².